The van der Waals surface area contributed by atoms with Crippen LogP contribution >= 0.6 is 0 Å². The van der Waals surface area contributed by atoms with Crippen LogP contribution in [0.25, 0.3) is 0 Å². The summed E-state index contributed by atoms with van der Waals surface area (Å²) in [4.78, 5) is 2.40. The van der Waals surface area contributed by atoms with E-state index in [1.165, 1.54) is 11.1 Å². The molecular weight excluding hydrogens is 314 g/mol. The zero-order chi connectivity index (χ0) is 17.2. The third-order valence-electron chi connectivity index (χ3n) is 4.88. The first kappa shape index (κ1) is 16.0. The highest BCUT2D eigenvalue weighted by Gasteiger charge is 2.23. The van der Waals surface area contributed by atoms with E-state index in [2.05, 4.69) is 56.0 Å². The normalized spacial score (nSPS) is 14.6. The number of aromatic nitrogens is 4. The number of benzene rings is 1. The van der Waals surface area contributed by atoms with Gasteiger partial charge in [0.1, 0.15) is 17.4 Å². The fourth-order valence-electron chi connectivity index (χ4n) is 3.45. The minimum atomic E-state index is 0.815. The van der Waals surface area contributed by atoms with Gasteiger partial charge >= 0.3 is 0 Å². The molecule has 25 heavy (non-hydrogen) atoms. The quantitative estimate of drug-likeness (QED) is 0.716. The zero-order valence-electron chi connectivity index (χ0n) is 14.8. The molecule has 2 aromatic heterocycles. The molecule has 6 heteroatoms. The third-order valence-corrected chi connectivity index (χ3v) is 4.88. The Labute approximate surface area is 147 Å². The van der Waals surface area contributed by atoms with Crippen molar-refractivity contribution in [3.63, 3.8) is 0 Å². The maximum Gasteiger partial charge on any atom is 0.147 e. The maximum atomic E-state index is 5.42. The van der Waals surface area contributed by atoms with Gasteiger partial charge in [-0.1, -0.05) is 42.4 Å². The van der Waals surface area contributed by atoms with Gasteiger partial charge < -0.3 is 9.09 Å². The van der Waals surface area contributed by atoms with Gasteiger partial charge in [-0.2, -0.15) is 0 Å². The number of hydrogen-bond donors (Lipinski definition) is 0. The van der Waals surface area contributed by atoms with Crippen molar-refractivity contribution in [3.8, 4) is 0 Å². The van der Waals surface area contributed by atoms with E-state index < -0.39 is 0 Å². The highest BCUT2D eigenvalue weighted by molar-refractivity contribution is 5.22. The van der Waals surface area contributed by atoms with Crippen LogP contribution in [0.4, 0.5) is 0 Å². The van der Waals surface area contributed by atoms with Crippen LogP contribution < -0.4 is 0 Å². The summed E-state index contributed by atoms with van der Waals surface area (Å²) >= 11 is 0. The lowest BCUT2D eigenvalue weighted by molar-refractivity contribution is 0.205. The molecule has 0 unspecified atom stereocenters. The third kappa shape index (κ3) is 3.22. The van der Waals surface area contributed by atoms with Gasteiger partial charge in [0.25, 0.3) is 0 Å². The van der Waals surface area contributed by atoms with Crippen LogP contribution in [0.2, 0.25) is 0 Å². The maximum absolute atomic E-state index is 5.42. The lowest BCUT2D eigenvalue weighted by Crippen LogP contribution is -2.34. The second-order valence-electron chi connectivity index (χ2n) is 6.58. The van der Waals surface area contributed by atoms with Gasteiger partial charge in [-0.05, 0) is 12.5 Å². The smallest absolute Gasteiger partial charge is 0.147 e. The number of aryl methyl sites for hydroxylation is 2. The first-order chi connectivity index (χ1) is 12.2. The molecule has 1 aromatic carbocycles. The lowest BCUT2D eigenvalue weighted by Gasteiger charge is -2.27. The monoisotopic (exact) mass is 337 g/mol. The Morgan fingerprint density at radius 2 is 1.96 bits per heavy atom. The molecule has 4 rings (SSSR count). The van der Waals surface area contributed by atoms with Crippen LogP contribution in [-0.4, -0.2) is 31.4 Å². The lowest BCUT2D eigenvalue weighted by atomic mass is 10.1. The van der Waals surface area contributed by atoms with Crippen molar-refractivity contribution in [3.05, 3.63) is 64.6 Å². The SMILES string of the molecule is CCc1onc(C)c1CN1CCn2c(Cc3ccccc3)nnc2C1. The van der Waals surface area contributed by atoms with E-state index in [0.29, 0.717) is 0 Å². The van der Waals surface area contributed by atoms with E-state index >= 15 is 0 Å². The van der Waals surface area contributed by atoms with Crippen molar-refractivity contribution in [2.75, 3.05) is 6.54 Å². The molecule has 130 valence electrons. The molecule has 1 aliphatic rings. The molecule has 0 radical (unpaired) electrons. The molecule has 0 saturated heterocycles. The number of hydrogen-bond acceptors (Lipinski definition) is 5. The van der Waals surface area contributed by atoms with Gasteiger partial charge in [0.2, 0.25) is 0 Å². The molecule has 0 spiro atoms. The van der Waals surface area contributed by atoms with Crippen LogP contribution in [0.3, 0.4) is 0 Å². The highest BCUT2D eigenvalue weighted by atomic mass is 16.5. The summed E-state index contributed by atoms with van der Waals surface area (Å²) in [6.45, 7) is 7.71. The van der Waals surface area contributed by atoms with Crippen molar-refractivity contribution in [1.82, 2.24) is 24.8 Å². The van der Waals surface area contributed by atoms with Crippen LogP contribution in [0.1, 0.15) is 41.2 Å². The Morgan fingerprint density at radius 1 is 1.12 bits per heavy atom. The van der Waals surface area contributed by atoms with E-state index in [9.17, 15) is 0 Å². The molecule has 6 nitrogen and oxygen atoms in total. The summed E-state index contributed by atoms with van der Waals surface area (Å²) in [5.74, 6) is 3.09. The summed E-state index contributed by atoms with van der Waals surface area (Å²) in [5.41, 5.74) is 3.49. The van der Waals surface area contributed by atoms with Crippen molar-refractivity contribution < 1.29 is 4.52 Å². The number of rotatable bonds is 5. The van der Waals surface area contributed by atoms with Gasteiger partial charge in [-0.25, -0.2) is 0 Å². The second kappa shape index (κ2) is 6.80. The van der Waals surface area contributed by atoms with Gasteiger partial charge in [0.05, 0.1) is 12.2 Å². The minimum absolute atomic E-state index is 0.815. The van der Waals surface area contributed by atoms with E-state index in [4.69, 9.17) is 4.52 Å². The average molecular weight is 337 g/mol. The largest absolute Gasteiger partial charge is 0.361 e. The van der Waals surface area contributed by atoms with Crippen LogP contribution in [0.15, 0.2) is 34.9 Å². The van der Waals surface area contributed by atoms with Crippen molar-refractivity contribution >= 4 is 0 Å². The molecule has 0 N–H and O–H groups in total. The molecule has 0 bridgehead atoms. The topological polar surface area (TPSA) is 60.0 Å². The molecule has 0 fully saturated rings. The molecular formula is C19H23N5O. The van der Waals surface area contributed by atoms with E-state index in [1.807, 2.05) is 13.0 Å². The van der Waals surface area contributed by atoms with Crippen molar-refractivity contribution in [1.29, 1.82) is 0 Å². The fraction of sp³-hybridized carbons (Fsp3) is 0.421. The first-order valence-electron chi connectivity index (χ1n) is 8.86. The molecule has 0 amide bonds. The molecule has 3 aromatic rings. The van der Waals surface area contributed by atoms with Gasteiger partial charge in [-0.3, -0.25) is 4.90 Å². The van der Waals surface area contributed by atoms with E-state index in [-0.39, 0.29) is 0 Å². The summed E-state index contributed by atoms with van der Waals surface area (Å²) in [7, 11) is 0. The number of nitrogens with zero attached hydrogens (tertiary/aromatic N) is 5. The Kier molecular flexibility index (Phi) is 4.36. The summed E-state index contributed by atoms with van der Waals surface area (Å²) < 4.78 is 7.68. The zero-order valence-corrected chi connectivity index (χ0v) is 14.8. The summed E-state index contributed by atoms with van der Waals surface area (Å²) in [6.07, 6.45) is 1.71. The van der Waals surface area contributed by atoms with Gasteiger partial charge in [-0.15, -0.1) is 10.2 Å². The Hall–Kier alpha value is -2.47. The fourth-order valence-corrected chi connectivity index (χ4v) is 3.45. The standard InChI is InChI=1S/C19H23N5O/c1-3-17-16(14(2)22-25-17)12-23-9-10-24-18(20-21-19(24)13-23)11-15-7-5-4-6-8-15/h4-8H,3,9-13H2,1-2H3. The number of fused-ring (bicyclic) bond motifs is 1. The molecule has 3 heterocycles. The van der Waals surface area contributed by atoms with Crippen molar-refractivity contribution in [2.45, 2.75) is 46.3 Å². The molecule has 1 aliphatic heterocycles. The Morgan fingerprint density at radius 3 is 2.76 bits per heavy atom. The van der Waals surface area contributed by atoms with Gasteiger partial charge in [0.15, 0.2) is 0 Å². The van der Waals surface area contributed by atoms with Crippen molar-refractivity contribution in [2.24, 2.45) is 0 Å². The molecule has 0 aliphatic carbocycles. The predicted molar refractivity (Wildman–Crippen MR) is 94.0 cm³/mol. The Balaban J connectivity index is 1.48. The minimum Gasteiger partial charge on any atom is -0.361 e. The van der Waals surface area contributed by atoms with Gasteiger partial charge in [0, 0.05) is 38.0 Å². The van der Waals surface area contributed by atoms with E-state index in [1.54, 1.807) is 0 Å². The summed E-state index contributed by atoms with van der Waals surface area (Å²) in [5, 5.41) is 13.0. The predicted octanol–water partition coefficient (Wildman–Crippen LogP) is 2.74. The first-order valence-corrected chi connectivity index (χ1v) is 8.86. The molecule has 0 atom stereocenters. The Bertz CT molecular complexity index is 852. The van der Waals surface area contributed by atoms with Crippen LogP contribution in [0.5, 0.6) is 0 Å². The second-order valence-corrected chi connectivity index (χ2v) is 6.58. The van der Waals surface area contributed by atoms with Crippen LogP contribution in [0, 0.1) is 6.92 Å². The van der Waals surface area contributed by atoms with E-state index in [0.717, 1.165) is 62.1 Å². The molecule has 0 saturated carbocycles. The van der Waals surface area contributed by atoms with Crippen LogP contribution in [-0.2, 0) is 32.5 Å². The summed E-state index contributed by atoms with van der Waals surface area (Å²) in [6, 6.07) is 10.4. The highest BCUT2D eigenvalue weighted by Crippen LogP contribution is 2.21. The average Bonchev–Trinajstić information content (AvgIpc) is 3.20.